The molecule has 1 N–H and O–H groups in total. The summed E-state index contributed by atoms with van der Waals surface area (Å²) < 4.78 is 51.0. The third-order valence-corrected chi connectivity index (χ3v) is 7.64. The van der Waals surface area contributed by atoms with Crippen molar-refractivity contribution < 1.29 is 32.5 Å². The van der Waals surface area contributed by atoms with E-state index < -0.39 is 17.8 Å². The van der Waals surface area contributed by atoms with Crippen LogP contribution in [0.15, 0.2) is 48.5 Å². The Labute approximate surface area is 215 Å². The van der Waals surface area contributed by atoms with Gasteiger partial charge in [-0.1, -0.05) is 36.4 Å². The van der Waals surface area contributed by atoms with Gasteiger partial charge >= 0.3 is 6.18 Å². The number of hydrogen-bond acceptors (Lipinski definition) is 5. The molecular formula is C28H33F3N2O4. The molecule has 0 aromatic heterocycles. The summed E-state index contributed by atoms with van der Waals surface area (Å²) in [7, 11) is 0. The third-order valence-electron chi connectivity index (χ3n) is 7.64. The Balaban J connectivity index is 1.22. The van der Waals surface area contributed by atoms with Gasteiger partial charge in [0, 0.05) is 32.2 Å². The van der Waals surface area contributed by atoms with Gasteiger partial charge in [-0.05, 0) is 48.1 Å². The monoisotopic (exact) mass is 518 g/mol. The second-order valence-corrected chi connectivity index (χ2v) is 10.3. The topological polar surface area (TPSA) is 62.2 Å². The number of rotatable bonds is 4. The van der Waals surface area contributed by atoms with Crippen LogP contribution in [0.1, 0.15) is 41.5 Å². The molecule has 0 radical (unpaired) electrons. The van der Waals surface area contributed by atoms with Gasteiger partial charge in [0.1, 0.15) is 0 Å². The predicted octanol–water partition coefficient (Wildman–Crippen LogP) is 3.79. The van der Waals surface area contributed by atoms with Gasteiger partial charge in [0.25, 0.3) is 0 Å². The minimum atomic E-state index is -4.38. The molecule has 1 amide bonds. The molecule has 3 heterocycles. The first-order valence-electron chi connectivity index (χ1n) is 12.9. The lowest BCUT2D eigenvalue weighted by Gasteiger charge is -2.44. The van der Waals surface area contributed by atoms with Crippen molar-refractivity contribution in [1.29, 1.82) is 0 Å². The molecule has 2 aromatic carbocycles. The number of aliphatic hydroxyl groups excluding tert-OH is 1. The fraction of sp³-hybridized carbons (Fsp3) is 0.536. The second-order valence-electron chi connectivity index (χ2n) is 10.3. The van der Waals surface area contributed by atoms with Gasteiger partial charge in [-0.15, -0.1) is 0 Å². The lowest BCUT2D eigenvalue weighted by molar-refractivity contribution is -0.161. The van der Waals surface area contributed by atoms with Gasteiger partial charge in [-0.2, -0.15) is 13.2 Å². The van der Waals surface area contributed by atoms with Crippen molar-refractivity contribution >= 4 is 5.91 Å². The standard InChI is InChI=1S/C28H33F3N2O4/c29-28(30,31)22-7-5-19(6-8-22)14-33-16-23(34)17-36-18-26-25(33)10-9-24(37-26)13-27(35)32-12-11-20-3-1-2-4-21(20)15-32/h1-8,23-26,34H,9-18H2/t23-,24-,25+,26-/m1/s1. The Morgan fingerprint density at radius 3 is 2.54 bits per heavy atom. The highest BCUT2D eigenvalue weighted by Gasteiger charge is 2.39. The molecule has 3 aliphatic heterocycles. The highest BCUT2D eigenvalue weighted by Crippen LogP contribution is 2.32. The maximum atomic E-state index is 13.1. The number of nitrogens with zero attached hydrogens (tertiary/aromatic N) is 2. The Kier molecular flexibility index (Phi) is 7.85. The third kappa shape index (κ3) is 6.34. The molecule has 4 atom stereocenters. The summed E-state index contributed by atoms with van der Waals surface area (Å²) in [6.45, 7) is 2.52. The van der Waals surface area contributed by atoms with Crippen LogP contribution >= 0.6 is 0 Å². The van der Waals surface area contributed by atoms with E-state index in [1.54, 1.807) is 0 Å². The van der Waals surface area contributed by atoms with Crippen molar-refractivity contribution in [2.24, 2.45) is 0 Å². The number of β-amino-alcohol motifs (C(OH)–C–C–N with tert-alkyl or cyclic N) is 1. The zero-order valence-electron chi connectivity index (χ0n) is 20.7. The number of benzene rings is 2. The quantitative estimate of drug-likeness (QED) is 0.668. The molecule has 9 heteroatoms. The molecule has 2 fully saturated rings. The highest BCUT2D eigenvalue weighted by atomic mass is 19.4. The summed E-state index contributed by atoms with van der Waals surface area (Å²) in [6.07, 6.45) is -2.96. The average molecular weight is 519 g/mol. The minimum absolute atomic E-state index is 0.0644. The molecule has 3 aliphatic rings. The minimum Gasteiger partial charge on any atom is -0.389 e. The van der Waals surface area contributed by atoms with Gasteiger partial charge in [0.2, 0.25) is 5.91 Å². The van der Waals surface area contributed by atoms with E-state index in [2.05, 4.69) is 17.0 Å². The van der Waals surface area contributed by atoms with Gasteiger partial charge < -0.3 is 19.5 Å². The van der Waals surface area contributed by atoms with Gasteiger partial charge in [-0.25, -0.2) is 0 Å². The first kappa shape index (κ1) is 26.2. The smallest absolute Gasteiger partial charge is 0.389 e. The zero-order valence-corrected chi connectivity index (χ0v) is 20.7. The van der Waals surface area contributed by atoms with Gasteiger partial charge in [0.15, 0.2) is 0 Å². The van der Waals surface area contributed by atoms with Crippen molar-refractivity contribution in [3.63, 3.8) is 0 Å². The van der Waals surface area contributed by atoms with Crippen LogP contribution < -0.4 is 0 Å². The van der Waals surface area contributed by atoms with Crippen LogP contribution in [-0.2, 0) is 40.0 Å². The maximum absolute atomic E-state index is 13.1. The number of ether oxygens (including phenoxy) is 2. The molecule has 5 rings (SSSR count). The van der Waals surface area contributed by atoms with Crippen molar-refractivity contribution in [3.8, 4) is 0 Å². The van der Waals surface area contributed by atoms with Crippen molar-refractivity contribution in [3.05, 3.63) is 70.8 Å². The number of carbonyl (C=O) groups is 1. The van der Waals surface area contributed by atoms with Crippen LogP contribution in [0.2, 0.25) is 0 Å². The van der Waals surface area contributed by atoms with Crippen LogP contribution in [-0.4, -0.2) is 71.5 Å². The highest BCUT2D eigenvalue weighted by molar-refractivity contribution is 5.77. The number of aliphatic hydroxyl groups is 1. The number of alkyl halides is 3. The van der Waals surface area contributed by atoms with Gasteiger partial charge in [0.05, 0.1) is 43.5 Å². The zero-order chi connectivity index (χ0) is 26.0. The van der Waals surface area contributed by atoms with E-state index in [1.807, 2.05) is 17.0 Å². The van der Waals surface area contributed by atoms with Crippen LogP contribution in [0.5, 0.6) is 0 Å². The number of amides is 1. The molecule has 37 heavy (non-hydrogen) atoms. The Hall–Kier alpha value is -2.46. The Morgan fingerprint density at radius 2 is 1.78 bits per heavy atom. The SMILES string of the molecule is O=C(C[C@H]1CC[C@H]2[C@@H](COC[C@H](O)CN2Cc2ccc(C(F)(F)F)cc2)O1)N1CCc2ccccc2C1. The van der Waals surface area contributed by atoms with E-state index in [0.29, 0.717) is 45.6 Å². The average Bonchev–Trinajstić information content (AvgIpc) is 2.87. The molecule has 6 nitrogen and oxygen atoms in total. The van der Waals surface area contributed by atoms with Crippen LogP contribution in [0.25, 0.3) is 0 Å². The van der Waals surface area contributed by atoms with Crippen molar-refractivity contribution in [1.82, 2.24) is 9.80 Å². The summed E-state index contributed by atoms with van der Waals surface area (Å²) in [6, 6.07) is 13.3. The lowest BCUT2D eigenvalue weighted by Crippen LogP contribution is -2.55. The predicted molar refractivity (Wildman–Crippen MR) is 131 cm³/mol. The molecule has 200 valence electrons. The summed E-state index contributed by atoms with van der Waals surface area (Å²) in [5, 5.41) is 10.4. The fourth-order valence-electron chi connectivity index (χ4n) is 5.69. The summed E-state index contributed by atoms with van der Waals surface area (Å²) in [5.74, 6) is 0.0850. The first-order chi connectivity index (χ1) is 17.8. The summed E-state index contributed by atoms with van der Waals surface area (Å²) in [5.41, 5.74) is 2.55. The molecule has 0 saturated carbocycles. The number of fused-ring (bicyclic) bond motifs is 2. The summed E-state index contributed by atoms with van der Waals surface area (Å²) in [4.78, 5) is 17.1. The second kappa shape index (κ2) is 11.1. The fourth-order valence-corrected chi connectivity index (χ4v) is 5.69. The number of carbonyl (C=O) groups excluding carboxylic acids is 1. The van der Waals surface area contributed by atoms with Crippen molar-refractivity contribution in [2.45, 2.75) is 69.3 Å². The largest absolute Gasteiger partial charge is 0.416 e. The van der Waals surface area contributed by atoms with E-state index in [1.165, 1.54) is 23.3 Å². The Morgan fingerprint density at radius 1 is 1.03 bits per heavy atom. The Bertz CT molecular complexity index is 1080. The van der Waals surface area contributed by atoms with E-state index in [-0.39, 0.29) is 30.8 Å². The molecule has 2 saturated heterocycles. The number of halogens is 3. The van der Waals surface area contributed by atoms with Crippen molar-refractivity contribution in [2.75, 3.05) is 26.3 Å². The first-order valence-corrected chi connectivity index (χ1v) is 12.9. The van der Waals surface area contributed by atoms with Crippen LogP contribution in [0, 0.1) is 0 Å². The van der Waals surface area contributed by atoms with E-state index in [4.69, 9.17) is 9.47 Å². The van der Waals surface area contributed by atoms with Gasteiger partial charge in [-0.3, -0.25) is 9.69 Å². The number of hydrogen-bond donors (Lipinski definition) is 1. The normalized spacial score (nSPS) is 27.1. The summed E-state index contributed by atoms with van der Waals surface area (Å²) >= 11 is 0. The molecule has 0 bridgehead atoms. The van der Waals surface area contributed by atoms with Crippen LogP contribution in [0.4, 0.5) is 13.2 Å². The van der Waals surface area contributed by atoms with E-state index >= 15 is 0 Å². The molecule has 0 spiro atoms. The molecular weight excluding hydrogens is 485 g/mol. The van der Waals surface area contributed by atoms with E-state index in [0.717, 1.165) is 30.5 Å². The van der Waals surface area contributed by atoms with Crippen LogP contribution in [0.3, 0.4) is 0 Å². The molecule has 0 aliphatic carbocycles. The molecule has 0 unspecified atom stereocenters. The molecule has 2 aromatic rings. The maximum Gasteiger partial charge on any atom is 0.416 e. The lowest BCUT2D eigenvalue weighted by atomic mass is 9.93. The van der Waals surface area contributed by atoms with E-state index in [9.17, 15) is 23.1 Å².